The van der Waals surface area contributed by atoms with E-state index in [0.717, 1.165) is 51.3 Å². The fourth-order valence-corrected chi connectivity index (χ4v) is 2.10. The van der Waals surface area contributed by atoms with Crippen molar-refractivity contribution in [2.75, 3.05) is 32.7 Å². The summed E-state index contributed by atoms with van der Waals surface area (Å²) in [6.07, 6.45) is 3.17. The molecule has 4 nitrogen and oxygen atoms in total. The van der Waals surface area contributed by atoms with Crippen LogP contribution < -0.4 is 52.6 Å². The van der Waals surface area contributed by atoms with Gasteiger partial charge in [-0.3, -0.25) is 0 Å². The quantitative estimate of drug-likeness (QED) is 0.471. The monoisotopic (exact) mass is 415 g/mol. The molecule has 0 spiro atoms. The van der Waals surface area contributed by atoms with Crippen molar-refractivity contribution in [1.82, 2.24) is 10.6 Å². The number of para-hydroxylation sites is 1. The van der Waals surface area contributed by atoms with Crippen LogP contribution in [0.15, 0.2) is 30.3 Å². The van der Waals surface area contributed by atoms with E-state index in [2.05, 4.69) is 16.0 Å². The third kappa shape index (κ3) is 13.5. The van der Waals surface area contributed by atoms with Gasteiger partial charge < -0.3 is 57.9 Å². The molecule has 0 radical (unpaired) electrons. The molecule has 0 amide bonds. The van der Waals surface area contributed by atoms with E-state index in [-0.39, 0.29) is 65.2 Å². The van der Waals surface area contributed by atoms with Crippen molar-refractivity contribution in [2.45, 2.75) is 25.5 Å². The molecule has 0 aromatic heterocycles. The number of ether oxygens (including phenoxy) is 1. The number of hydrogen-bond acceptors (Lipinski definition) is 3. The topological polar surface area (TPSA) is 47.4 Å². The van der Waals surface area contributed by atoms with Crippen LogP contribution in [-0.4, -0.2) is 39.0 Å². The van der Waals surface area contributed by atoms with Crippen molar-refractivity contribution >= 4 is 0 Å². The molecule has 0 bridgehead atoms. The van der Waals surface area contributed by atoms with E-state index in [9.17, 15) is 0 Å². The first-order chi connectivity index (χ1) is 9.45. The Kier molecular flexibility index (Phi) is 23.1. The van der Waals surface area contributed by atoms with Crippen LogP contribution in [0.1, 0.15) is 19.3 Å². The minimum atomic E-state index is -0.0330. The number of halogens is 3. The Morgan fingerprint density at radius 3 is 2.17 bits per heavy atom. The van der Waals surface area contributed by atoms with E-state index in [4.69, 9.17) is 4.74 Å². The maximum Gasteiger partial charge on any atom is 4.00 e. The van der Waals surface area contributed by atoms with Crippen LogP contribution in [0.2, 0.25) is 0 Å². The van der Waals surface area contributed by atoms with Gasteiger partial charge in [0, 0.05) is 6.23 Å². The van der Waals surface area contributed by atoms with Crippen molar-refractivity contribution in [3.8, 4) is 5.75 Å². The van der Waals surface area contributed by atoms with Crippen LogP contribution in [0.25, 0.3) is 5.32 Å². The van der Waals surface area contributed by atoms with Gasteiger partial charge in [-0.15, -0.1) is 6.54 Å². The molecular formula is C15H24Cl3N3OTi. The molecule has 2 rings (SSSR count). The molecule has 130 valence electrons. The summed E-state index contributed by atoms with van der Waals surface area (Å²) >= 11 is 0. The molecule has 1 saturated heterocycles. The van der Waals surface area contributed by atoms with E-state index in [1.165, 1.54) is 6.42 Å². The van der Waals surface area contributed by atoms with Gasteiger partial charge in [-0.05, 0) is 51.2 Å². The summed E-state index contributed by atoms with van der Waals surface area (Å²) in [5, 5.41) is 11.5. The van der Waals surface area contributed by atoms with Gasteiger partial charge in [0.15, 0.2) is 0 Å². The Labute approximate surface area is 173 Å². The van der Waals surface area contributed by atoms with Crippen LogP contribution in [0.3, 0.4) is 0 Å². The van der Waals surface area contributed by atoms with Crippen molar-refractivity contribution < 1.29 is 63.7 Å². The Balaban J connectivity index is -0.000001000. The summed E-state index contributed by atoms with van der Waals surface area (Å²) in [6.45, 7) is 5.02. The van der Waals surface area contributed by atoms with Crippen molar-refractivity contribution in [1.29, 1.82) is 0 Å². The molecule has 1 fully saturated rings. The average molecular weight is 417 g/mol. The Morgan fingerprint density at radius 1 is 0.870 bits per heavy atom. The van der Waals surface area contributed by atoms with Gasteiger partial charge in [0.05, 0.1) is 0 Å². The molecule has 1 heterocycles. The number of benzene rings is 1. The minimum absolute atomic E-state index is 0. The van der Waals surface area contributed by atoms with Crippen LogP contribution in [0.5, 0.6) is 5.75 Å². The smallest absolute Gasteiger partial charge is 1.00 e. The summed E-state index contributed by atoms with van der Waals surface area (Å²) in [4.78, 5) is 0. The summed E-state index contributed by atoms with van der Waals surface area (Å²) in [6, 6.07) is 9.96. The number of hydrogen-bond donors (Lipinski definition) is 2. The molecule has 1 aromatic rings. The minimum Gasteiger partial charge on any atom is -1.00 e. The van der Waals surface area contributed by atoms with Crippen LogP contribution in [0, 0.1) is 0 Å². The first kappa shape index (κ1) is 28.3. The summed E-state index contributed by atoms with van der Waals surface area (Å²) in [7, 11) is 0. The Morgan fingerprint density at radius 2 is 1.48 bits per heavy atom. The zero-order chi connectivity index (χ0) is 13.2. The molecule has 23 heavy (non-hydrogen) atoms. The number of nitrogens with one attached hydrogen (secondary N) is 2. The molecule has 0 saturated carbocycles. The van der Waals surface area contributed by atoms with Crippen molar-refractivity contribution in [2.24, 2.45) is 0 Å². The second-order valence-corrected chi connectivity index (χ2v) is 4.79. The van der Waals surface area contributed by atoms with Crippen LogP contribution in [-0.2, 0) is 21.7 Å². The fourth-order valence-electron chi connectivity index (χ4n) is 2.10. The first-order valence-electron chi connectivity index (χ1n) is 7.25. The predicted molar refractivity (Wildman–Crippen MR) is 78.7 cm³/mol. The van der Waals surface area contributed by atoms with E-state index in [1.807, 2.05) is 30.3 Å². The average Bonchev–Trinajstić information content (AvgIpc) is 2.43. The molecule has 0 aliphatic carbocycles. The Bertz CT molecular complexity index is 338. The maximum absolute atomic E-state index is 5.93. The van der Waals surface area contributed by atoms with E-state index in [0.29, 0.717) is 0 Å². The molecule has 1 aliphatic heterocycles. The van der Waals surface area contributed by atoms with Gasteiger partial charge in [-0.1, -0.05) is 24.6 Å². The SMILES string of the molecule is [Cl-].[Cl-].[Cl-].[Ti+4].c1ccc(OC2CCNCCCNCCC[N-]2)cc1. The molecule has 1 atom stereocenters. The van der Waals surface area contributed by atoms with Crippen molar-refractivity contribution in [3.05, 3.63) is 35.6 Å². The third-order valence-corrected chi connectivity index (χ3v) is 3.13. The molecule has 1 unspecified atom stereocenters. The maximum atomic E-state index is 5.93. The largest absolute Gasteiger partial charge is 4.00 e. The van der Waals surface area contributed by atoms with Crippen LogP contribution >= 0.6 is 0 Å². The Hall–Kier alpha value is 0.484. The van der Waals surface area contributed by atoms with Gasteiger partial charge in [0.25, 0.3) is 0 Å². The van der Waals surface area contributed by atoms with Crippen molar-refractivity contribution in [3.63, 3.8) is 0 Å². The molecule has 1 aromatic carbocycles. The third-order valence-electron chi connectivity index (χ3n) is 3.13. The normalized spacial score (nSPS) is 19.0. The summed E-state index contributed by atoms with van der Waals surface area (Å²) < 4.78 is 5.93. The van der Waals surface area contributed by atoms with Gasteiger partial charge >= 0.3 is 21.7 Å². The summed E-state index contributed by atoms with van der Waals surface area (Å²) in [5.74, 6) is 0.904. The number of rotatable bonds is 2. The van der Waals surface area contributed by atoms with Gasteiger partial charge in [0.1, 0.15) is 5.75 Å². The second kappa shape index (κ2) is 18.8. The van der Waals surface area contributed by atoms with E-state index in [1.54, 1.807) is 0 Å². The van der Waals surface area contributed by atoms with Gasteiger partial charge in [-0.2, -0.15) is 0 Å². The predicted octanol–water partition coefficient (Wildman–Crippen LogP) is -6.86. The van der Waals surface area contributed by atoms with E-state index < -0.39 is 0 Å². The fraction of sp³-hybridized carbons (Fsp3) is 0.600. The molecule has 1 aliphatic rings. The molecule has 2 N–H and O–H groups in total. The second-order valence-electron chi connectivity index (χ2n) is 4.79. The first-order valence-corrected chi connectivity index (χ1v) is 7.25. The van der Waals surface area contributed by atoms with Crippen LogP contribution in [0.4, 0.5) is 0 Å². The zero-order valence-electron chi connectivity index (χ0n) is 13.1. The van der Waals surface area contributed by atoms with E-state index >= 15 is 0 Å². The van der Waals surface area contributed by atoms with Gasteiger partial charge in [0.2, 0.25) is 0 Å². The van der Waals surface area contributed by atoms with Gasteiger partial charge in [-0.25, -0.2) is 0 Å². The molecule has 8 heteroatoms. The zero-order valence-corrected chi connectivity index (χ0v) is 16.9. The summed E-state index contributed by atoms with van der Waals surface area (Å²) in [5.41, 5.74) is 0. The standard InChI is InChI=1S/C15H24N3O.3ClH.Ti/c1-2-6-14(7-3-1)19-15-8-13-17-10-4-9-16-11-5-12-18-15;;;;/h1-3,6-7,15-17H,4-5,8-13H2;3*1H;/q-1;;;;+4/p-3. The molecular weight excluding hydrogens is 392 g/mol. The number of nitrogens with zero attached hydrogens (tertiary/aromatic N) is 1.